The van der Waals surface area contributed by atoms with Gasteiger partial charge < -0.3 is 24.6 Å². The van der Waals surface area contributed by atoms with Crippen LogP contribution in [0, 0.1) is 0 Å². The Hall–Kier alpha value is -4.33. The van der Waals surface area contributed by atoms with Gasteiger partial charge in [0.15, 0.2) is 6.61 Å². The molecule has 1 aliphatic rings. The van der Waals surface area contributed by atoms with Crippen molar-refractivity contribution in [3.8, 4) is 16.9 Å². The minimum Gasteiger partial charge on any atom is -0.482 e. The van der Waals surface area contributed by atoms with Crippen LogP contribution in [0.15, 0.2) is 72.8 Å². The predicted molar refractivity (Wildman–Crippen MR) is 127 cm³/mol. The van der Waals surface area contributed by atoms with Crippen molar-refractivity contribution in [1.82, 2.24) is 5.32 Å². The van der Waals surface area contributed by atoms with Gasteiger partial charge in [0.2, 0.25) is 0 Å². The lowest BCUT2D eigenvalue weighted by atomic mass is 9.98. The summed E-state index contributed by atoms with van der Waals surface area (Å²) in [6.45, 7) is -0.323. The minimum absolute atomic E-state index is 0.0944. The number of hydrogen-bond donors (Lipinski definition) is 2. The van der Waals surface area contributed by atoms with E-state index in [9.17, 15) is 14.4 Å². The Morgan fingerprint density at radius 3 is 2.09 bits per heavy atom. The Morgan fingerprint density at radius 1 is 0.914 bits per heavy atom. The molecule has 0 spiro atoms. The molecule has 1 aliphatic carbocycles. The van der Waals surface area contributed by atoms with Gasteiger partial charge in [-0.2, -0.15) is 0 Å². The molecule has 3 aromatic rings. The quantitative estimate of drug-likeness (QED) is 0.453. The third-order valence-corrected chi connectivity index (χ3v) is 5.85. The first-order valence-electron chi connectivity index (χ1n) is 11.1. The number of aliphatic carboxylic acids is 1. The molecule has 8 nitrogen and oxygen atoms in total. The van der Waals surface area contributed by atoms with Crippen LogP contribution in [-0.4, -0.2) is 49.5 Å². The fourth-order valence-corrected chi connectivity index (χ4v) is 4.22. The molecule has 35 heavy (non-hydrogen) atoms. The van der Waals surface area contributed by atoms with Crippen molar-refractivity contribution >= 4 is 18.0 Å². The van der Waals surface area contributed by atoms with Crippen molar-refractivity contribution in [2.75, 3.05) is 20.3 Å². The van der Waals surface area contributed by atoms with Gasteiger partial charge in [0, 0.05) is 12.3 Å². The smallest absolute Gasteiger partial charge is 0.407 e. The standard InChI is InChI=1S/C27H25NO7/c1-33-26(31)24(14-17-10-12-18(13-11-17)34-16-25(29)30)28-27(32)35-15-23-21-8-4-2-6-19(21)20-7-3-5-9-22(20)23/h2-13,23-24H,14-16H2,1H3,(H,28,32)(H,29,30). The Kier molecular flexibility index (Phi) is 7.30. The van der Waals surface area contributed by atoms with Gasteiger partial charge in [-0.25, -0.2) is 14.4 Å². The Morgan fingerprint density at radius 2 is 1.51 bits per heavy atom. The number of benzene rings is 3. The number of carboxylic acid groups (broad SMARTS) is 1. The number of carbonyl (C=O) groups excluding carboxylic acids is 2. The second-order valence-corrected chi connectivity index (χ2v) is 8.08. The number of esters is 1. The summed E-state index contributed by atoms with van der Waals surface area (Å²) >= 11 is 0. The van der Waals surface area contributed by atoms with Crippen LogP contribution in [0.4, 0.5) is 4.79 Å². The topological polar surface area (TPSA) is 111 Å². The van der Waals surface area contributed by atoms with E-state index in [1.807, 2.05) is 36.4 Å². The highest BCUT2D eigenvalue weighted by Gasteiger charge is 2.30. The van der Waals surface area contributed by atoms with Crippen LogP contribution >= 0.6 is 0 Å². The number of nitrogens with one attached hydrogen (secondary N) is 1. The van der Waals surface area contributed by atoms with E-state index in [-0.39, 0.29) is 18.9 Å². The van der Waals surface area contributed by atoms with Gasteiger partial charge in [0.05, 0.1) is 7.11 Å². The Labute approximate surface area is 202 Å². The molecule has 2 N–H and O–H groups in total. The highest BCUT2D eigenvalue weighted by atomic mass is 16.6. The molecule has 1 amide bonds. The number of fused-ring (bicyclic) bond motifs is 3. The Bertz CT molecular complexity index is 1180. The summed E-state index contributed by atoms with van der Waals surface area (Å²) in [4.78, 5) is 35.6. The van der Waals surface area contributed by atoms with Gasteiger partial charge >= 0.3 is 18.0 Å². The van der Waals surface area contributed by atoms with Gasteiger partial charge in [0.25, 0.3) is 0 Å². The fraction of sp³-hybridized carbons (Fsp3) is 0.222. The summed E-state index contributed by atoms with van der Waals surface area (Å²) < 4.78 is 15.5. The molecule has 1 atom stereocenters. The first-order valence-corrected chi connectivity index (χ1v) is 11.1. The average molecular weight is 475 g/mol. The molecule has 3 aromatic carbocycles. The van der Waals surface area contributed by atoms with Crippen LogP contribution < -0.4 is 10.1 Å². The second kappa shape index (κ2) is 10.7. The third-order valence-electron chi connectivity index (χ3n) is 5.85. The van der Waals surface area contributed by atoms with Crippen molar-refractivity contribution in [3.05, 3.63) is 89.5 Å². The number of amides is 1. The zero-order valence-electron chi connectivity index (χ0n) is 19.1. The van der Waals surface area contributed by atoms with E-state index in [4.69, 9.17) is 19.3 Å². The van der Waals surface area contributed by atoms with E-state index in [1.54, 1.807) is 24.3 Å². The highest BCUT2D eigenvalue weighted by Crippen LogP contribution is 2.44. The maximum Gasteiger partial charge on any atom is 0.407 e. The lowest BCUT2D eigenvalue weighted by Gasteiger charge is -2.18. The molecule has 0 saturated carbocycles. The molecule has 4 rings (SSSR count). The maximum atomic E-state index is 12.6. The number of hydrogen-bond acceptors (Lipinski definition) is 6. The Balaban J connectivity index is 1.39. The number of ether oxygens (including phenoxy) is 3. The summed E-state index contributed by atoms with van der Waals surface area (Å²) in [5, 5.41) is 11.3. The molecule has 1 unspecified atom stereocenters. The average Bonchev–Trinajstić information content (AvgIpc) is 3.20. The first-order chi connectivity index (χ1) is 17.0. The number of carbonyl (C=O) groups is 3. The molecule has 0 aliphatic heterocycles. The van der Waals surface area contributed by atoms with Crippen LogP contribution in [0.25, 0.3) is 11.1 Å². The molecule has 0 bridgehead atoms. The van der Waals surface area contributed by atoms with Gasteiger partial charge in [-0.3, -0.25) is 0 Å². The molecule has 8 heteroatoms. The molecule has 0 radical (unpaired) electrons. The number of methoxy groups -OCH3 is 1. The zero-order valence-corrected chi connectivity index (χ0v) is 19.1. The van der Waals surface area contributed by atoms with Crippen LogP contribution in [0.1, 0.15) is 22.6 Å². The fourth-order valence-electron chi connectivity index (χ4n) is 4.22. The molecule has 0 aromatic heterocycles. The molecular weight excluding hydrogens is 450 g/mol. The predicted octanol–water partition coefficient (Wildman–Crippen LogP) is 3.77. The van der Waals surface area contributed by atoms with Gasteiger partial charge in [-0.15, -0.1) is 0 Å². The van der Waals surface area contributed by atoms with Gasteiger partial charge in [0.1, 0.15) is 18.4 Å². The number of carboxylic acids is 1. The lowest BCUT2D eigenvalue weighted by Crippen LogP contribution is -2.43. The van der Waals surface area contributed by atoms with Crippen molar-refractivity contribution in [2.24, 2.45) is 0 Å². The summed E-state index contributed by atoms with van der Waals surface area (Å²) in [6.07, 6.45) is -0.556. The zero-order chi connectivity index (χ0) is 24.8. The van der Waals surface area contributed by atoms with E-state index in [1.165, 1.54) is 7.11 Å². The molecule has 0 saturated heterocycles. The normalized spacial score (nSPS) is 12.7. The third kappa shape index (κ3) is 5.60. The summed E-state index contributed by atoms with van der Waals surface area (Å²) in [7, 11) is 1.25. The van der Waals surface area contributed by atoms with Crippen LogP contribution in [-0.2, 0) is 25.5 Å². The molecule has 180 valence electrons. The van der Waals surface area contributed by atoms with E-state index < -0.39 is 30.7 Å². The van der Waals surface area contributed by atoms with Crippen molar-refractivity contribution in [3.63, 3.8) is 0 Å². The van der Waals surface area contributed by atoms with Gasteiger partial charge in [-0.05, 0) is 39.9 Å². The largest absolute Gasteiger partial charge is 0.482 e. The molecular formula is C27H25NO7. The monoisotopic (exact) mass is 475 g/mol. The van der Waals surface area contributed by atoms with Crippen molar-refractivity contribution < 1.29 is 33.7 Å². The van der Waals surface area contributed by atoms with Crippen molar-refractivity contribution in [1.29, 1.82) is 0 Å². The van der Waals surface area contributed by atoms with Gasteiger partial charge in [-0.1, -0.05) is 60.7 Å². The van der Waals surface area contributed by atoms with E-state index in [0.717, 1.165) is 27.8 Å². The first kappa shape index (κ1) is 23.8. The lowest BCUT2D eigenvalue weighted by molar-refractivity contribution is -0.143. The van der Waals surface area contributed by atoms with E-state index in [2.05, 4.69) is 17.4 Å². The van der Waals surface area contributed by atoms with E-state index in [0.29, 0.717) is 5.75 Å². The number of alkyl carbamates (subject to hydrolysis) is 1. The number of rotatable bonds is 9. The van der Waals surface area contributed by atoms with Crippen LogP contribution in [0.3, 0.4) is 0 Å². The van der Waals surface area contributed by atoms with Crippen LogP contribution in [0.2, 0.25) is 0 Å². The molecule has 0 heterocycles. The minimum atomic E-state index is -1.08. The highest BCUT2D eigenvalue weighted by molar-refractivity contribution is 5.82. The summed E-state index contributed by atoms with van der Waals surface area (Å²) in [5.74, 6) is -1.39. The summed E-state index contributed by atoms with van der Waals surface area (Å²) in [6, 6.07) is 21.7. The van der Waals surface area contributed by atoms with E-state index >= 15 is 0 Å². The SMILES string of the molecule is COC(=O)C(Cc1ccc(OCC(=O)O)cc1)NC(=O)OCC1c2ccccc2-c2ccccc21. The van der Waals surface area contributed by atoms with Crippen molar-refractivity contribution in [2.45, 2.75) is 18.4 Å². The summed E-state index contributed by atoms with van der Waals surface area (Å²) in [5.41, 5.74) is 5.16. The van der Waals surface area contributed by atoms with Crippen LogP contribution in [0.5, 0.6) is 5.75 Å². The molecule has 0 fully saturated rings. The second-order valence-electron chi connectivity index (χ2n) is 8.08. The maximum absolute atomic E-state index is 12.6.